The summed E-state index contributed by atoms with van der Waals surface area (Å²) < 4.78 is 5.31. The van der Waals surface area contributed by atoms with Gasteiger partial charge in [-0.1, -0.05) is 18.2 Å². The Balaban J connectivity index is 2.59. The minimum absolute atomic E-state index is 0.299. The third kappa shape index (κ3) is 3.53. The molecule has 0 bridgehead atoms. The molecule has 3 heteroatoms. The molecule has 0 heterocycles. The monoisotopic (exact) mass is 208 g/mol. The standard InChI is InChI=1S/C12H20N2O/c1-10(14-9-5-8-13)11-6-3-4-7-12(11)15-2/h3-4,6-7,10,14H,5,8-9,13H2,1-2H3/t10-/m0/s1. The van der Waals surface area contributed by atoms with Crippen molar-refractivity contribution in [2.75, 3.05) is 20.2 Å². The molecule has 0 saturated carbocycles. The largest absolute Gasteiger partial charge is 0.496 e. The van der Waals surface area contributed by atoms with E-state index in [9.17, 15) is 0 Å². The van der Waals surface area contributed by atoms with Crippen LogP contribution in [0, 0.1) is 0 Å². The summed E-state index contributed by atoms with van der Waals surface area (Å²) in [5.74, 6) is 0.935. The first-order valence-electron chi connectivity index (χ1n) is 5.36. The SMILES string of the molecule is COc1ccccc1[C@H](C)NCCCN. The minimum Gasteiger partial charge on any atom is -0.496 e. The molecule has 1 atom stereocenters. The topological polar surface area (TPSA) is 47.3 Å². The van der Waals surface area contributed by atoms with E-state index in [1.165, 1.54) is 5.56 Å². The van der Waals surface area contributed by atoms with Gasteiger partial charge in [-0.15, -0.1) is 0 Å². The first kappa shape index (κ1) is 12.0. The number of nitrogens with one attached hydrogen (secondary N) is 1. The van der Waals surface area contributed by atoms with Crippen LogP contribution >= 0.6 is 0 Å². The molecule has 0 aliphatic rings. The average molecular weight is 208 g/mol. The van der Waals surface area contributed by atoms with E-state index in [-0.39, 0.29) is 0 Å². The highest BCUT2D eigenvalue weighted by molar-refractivity contribution is 5.35. The Bertz CT molecular complexity index is 289. The third-order valence-electron chi connectivity index (χ3n) is 2.44. The van der Waals surface area contributed by atoms with Gasteiger partial charge in [0.1, 0.15) is 5.75 Å². The van der Waals surface area contributed by atoms with Crippen LogP contribution in [0.4, 0.5) is 0 Å². The summed E-state index contributed by atoms with van der Waals surface area (Å²) in [6.07, 6.45) is 0.999. The maximum atomic E-state index is 5.44. The molecule has 0 aliphatic carbocycles. The number of nitrogens with two attached hydrogens (primary N) is 1. The van der Waals surface area contributed by atoms with E-state index in [1.54, 1.807) is 7.11 Å². The maximum Gasteiger partial charge on any atom is 0.123 e. The van der Waals surface area contributed by atoms with Crippen molar-refractivity contribution in [2.45, 2.75) is 19.4 Å². The van der Waals surface area contributed by atoms with Crippen molar-refractivity contribution >= 4 is 0 Å². The van der Waals surface area contributed by atoms with E-state index in [0.29, 0.717) is 6.04 Å². The van der Waals surface area contributed by atoms with Crippen LogP contribution in [0.25, 0.3) is 0 Å². The summed E-state index contributed by atoms with van der Waals surface area (Å²) in [6, 6.07) is 8.37. The van der Waals surface area contributed by atoms with Crippen LogP contribution in [0.3, 0.4) is 0 Å². The number of methoxy groups -OCH3 is 1. The van der Waals surface area contributed by atoms with Gasteiger partial charge in [-0.2, -0.15) is 0 Å². The van der Waals surface area contributed by atoms with Crippen molar-refractivity contribution < 1.29 is 4.74 Å². The Labute approximate surface area is 91.6 Å². The summed E-state index contributed by atoms with van der Waals surface area (Å²) >= 11 is 0. The maximum absolute atomic E-state index is 5.44. The van der Waals surface area contributed by atoms with Crippen molar-refractivity contribution in [3.63, 3.8) is 0 Å². The number of hydrogen-bond donors (Lipinski definition) is 2. The molecule has 1 aromatic carbocycles. The fraction of sp³-hybridized carbons (Fsp3) is 0.500. The van der Waals surface area contributed by atoms with Gasteiger partial charge in [-0.3, -0.25) is 0 Å². The molecule has 0 aromatic heterocycles. The Kier molecular flexibility index (Phi) is 5.15. The summed E-state index contributed by atoms with van der Waals surface area (Å²) in [4.78, 5) is 0. The van der Waals surface area contributed by atoms with Gasteiger partial charge in [0.2, 0.25) is 0 Å². The lowest BCUT2D eigenvalue weighted by Gasteiger charge is -2.16. The highest BCUT2D eigenvalue weighted by Crippen LogP contribution is 2.23. The summed E-state index contributed by atoms with van der Waals surface area (Å²) in [5.41, 5.74) is 6.64. The van der Waals surface area contributed by atoms with E-state index < -0.39 is 0 Å². The van der Waals surface area contributed by atoms with Crippen molar-refractivity contribution in [1.29, 1.82) is 0 Å². The van der Waals surface area contributed by atoms with E-state index >= 15 is 0 Å². The molecule has 15 heavy (non-hydrogen) atoms. The Hall–Kier alpha value is -1.06. The third-order valence-corrected chi connectivity index (χ3v) is 2.44. The number of hydrogen-bond acceptors (Lipinski definition) is 3. The Morgan fingerprint density at radius 1 is 1.40 bits per heavy atom. The van der Waals surface area contributed by atoms with E-state index in [1.807, 2.05) is 18.2 Å². The molecule has 3 nitrogen and oxygen atoms in total. The van der Waals surface area contributed by atoms with Crippen LogP contribution in [0.5, 0.6) is 5.75 Å². The predicted octanol–water partition coefficient (Wildman–Crippen LogP) is 1.69. The highest BCUT2D eigenvalue weighted by atomic mass is 16.5. The molecular formula is C12H20N2O. The van der Waals surface area contributed by atoms with Crippen molar-refractivity contribution in [2.24, 2.45) is 5.73 Å². The lowest BCUT2D eigenvalue weighted by Crippen LogP contribution is -2.22. The van der Waals surface area contributed by atoms with Crippen molar-refractivity contribution in [3.8, 4) is 5.75 Å². The molecule has 0 spiro atoms. The van der Waals surface area contributed by atoms with Gasteiger partial charge in [0.15, 0.2) is 0 Å². The van der Waals surface area contributed by atoms with Crippen molar-refractivity contribution in [3.05, 3.63) is 29.8 Å². The molecule has 0 radical (unpaired) electrons. The second-order valence-corrected chi connectivity index (χ2v) is 3.56. The van der Waals surface area contributed by atoms with Gasteiger partial charge in [-0.05, 0) is 32.5 Å². The summed E-state index contributed by atoms with van der Waals surface area (Å²) in [7, 11) is 1.70. The molecule has 0 amide bonds. The second kappa shape index (κ2) is 6.43. The Morgan fingerprint density at radius 3 is 2.80 bits per heavy atom. The number of rotatable bonds is 6. The number of benzene rings is 1. The molecule has 0 saturated heterocycles. The van der Waals surface area contributed by atoms with E-state index in [2.05, 4.69) is 18.3 Å². The first-order chi connectivity index (χ1) is 7.29. The van der Waals surface area contributed by atoms with Gasteiger partial charge < -0.3 is 15.8 Å². The van der Waals surface area contributed by atoms with Gasteiger partial charge in [0.25, 0.3) is 0 Å². The fourth-order valence-electron chi connectivity index (χ4n) is 1.55. The lowest BCUT2D eigenvalue weighted by atomic mass is 10.1. The predicted molar refractivity (Wildman–Crippen MR) is 63.1 cm³/mol. The average Bonchev–Trinajstić information content (AvgIpc) is 2.29. The van der Waals surface area contributed by atoms with E-state index in [4.69, 9.17) is 10.5 Å². The van der Waals surface area contributed by atoms with Crippen LogP contribution < -0.4 is 15.8 Å². The normalized spacial score (nSPS) is 12.5. The summed E-state index contributed by atoms with van der Waals surface area (Å²) in [6.45, 7) is 3.80. The number of ether oxygens (including phenoxy) is 1. The molecule has 0 aliphatic heterocycles. The number of para-hydroxylation sites is 1. The van der Waals surface area contributed by atoms with Gasteiger partial charge in [-0.25, -0.2) is 0 Å². The molecule has 0 unspecified atom stereocenters. The van der Waals surface area contributed by atoms with E-state index in [0.717, 1.165) is 25.3 Å². The smallest absolute Gasteiger partial charge is 0.123 e. The van der Waals surface area contributed by atoms with Gasteiger partial charge in [0, 0.05) is 11.6 Å². The quantitative estimate of drug-likeness (QED) is 0.699. The van der Waals surface area contributed by atoms with Crippen LogP contribution in [0.15, 0.2) is 24.3 Å². The first-order valence-corrected chi connectivity index (χ1v) is 5.36. The zero-order chi connectivity index (χ0) is 11.1. The van der Waals surface area contributed by atoms with Gasteiger partial charge >= 0.3 is 0 Å². The van der Waals surface area contributed by atoms with Crippen LogP contribution in [-0.4, -0.2) is 20.2 Å². The zero-order valence-corrected chi connectivity index (χ0v) is 9.49. The molecule has 3 N–H and O–H groups in total. The molecule has 1 rings (SSSR count). The fourth-order valence-corrected chi connectivity index (χ4v) is 1.55. The lowest BCUT2D eigenvalue weighted by molar-refractivity contribution is 0.401. The van der Waals surface area contributed by atoms with Crippen LogP contribution in [0.1, 0.15) is 24.9 Å². The highest BCUT2D eigenvalue weighted by Gasteiger charge is 2.08. The molecule has 0 fully saturated rings. The summed E-state index contributed by atoms with van der Waals surface area (Å²) in [5, 5.41) is 3.41. The second-order valence-electron chi connectivity index (χ2n) is 3.56. The van der Waals surface area contributed by atoms with Crippen LogP contribution in [0.2, 0.25) is 0 Å². The molecule has 1 aromatic rings. The van der Waals surface area contributed by atoms with Gasteiger partial charge in [0.05, 0.1) is 7.11 Å². The minimum atomic E-state index is 0.299. The Morgan fingerprint density at radius 2 is 2.13 bits per heavy atom. The molecular weight excluding hydrogens is 188 g/mol. The zero-order valence-electron chi connectivity index (χ0n) is 9.49. The van der Waals surface area contributed by atoms with Crippen molar-refractivity contribution in [1.82, 2.24) is 5.32 Å². The molecule has 84 valence electrons. The van der Waals surface area contributed by atoms with Crippen LogP contribution in [-0.2, 0) is 0 Å².